The molecule has 1 amide bonds. The lowest BCUT2D eigenvalue weighted by Crippen LogP contribution is -2.41. The van der Waals surface area contributed by atoms with Crippen LogP contribution in [0.2, 0.25) is 0 Å². The predicted molar refractivity (Wildman–Crippen MR) is 74.2 cm³/mol. The Morgan fingerprint density at radius 1 is 1.37 bits per heavy atom. The summed E-state index contributed by atoms with van der Waals surface area (Å²) in [7, 11) is 1.39. The van der Waals surface area contributed by atoms with Crippen LogP contribution >= 0.6 is 11.3 Å². The monoisotopic (exact) mass is 281 g/mol. The molecule has 0 aromatic carbocycles. The first kappa shape index (κ1) is 14.1. The van der Waals surface area contributed by atoms with E-state index in [1.54, 1.807) is 0 Å². The number of rotatable bonds is 1. The van der Waals surface area contributed by atoms with E-state index in [0.29, 0.717) is 11.4 Å². The molecule has 0 bridgehead atoms. The van der Waals surface area contributed by atoms with Crippen molar-refractivity contribution >= 4 is 23.2 Å². The summed E-state index contributed by atoms with van der Waals surface area (Å²) in [5.41, 5.74) is 0.809. The van der Waals surface area contributed by atoms with Gasteiger partial charge in [-0.2, -0.15) is 0 Å². The van der Waals surface area contributed by atoms with E-state index in [1.165, 1.54) is 24.0 Å². The Labute approximate surface area is 117 Å². The van der Waals surface area contributed by atoms with Crippen molar-refractivity contribution in [1.29, 1.82) is 0 Å². The molecule has 104 valence electrons. The molecule has 2 heterocycles. The summed E-state index contributed by atoms with van der Waals surface area (Å²) in [6, 6.07) is 1.89. The summed E-state index contributed by atoms with van der Waals surface area (Å²) >= 11 is 1.43. The first-order chi connectivity index (χ1) is 8.82. The second kappa shape index (κ2) is 4.96. The summed E-state index contributed by atoms with van der Waals surface area (Å²) in [4.78, 5) is 27.4. The molecule has 1 aromatic heterocycles. The minimum absolute atomic E-state index is 0.158. The quantitative estimate of drug-likeness (QED) is 0.743. The maximum atomic E-state index is 12.3. The molecule has 0 saturated heterocycles. The number of amides is 1. The van der Waals surface area contributed by atoms with E-state index < -0.39 is 0 Å². The third-order valence-corrected chi connectivity index (χ3v) is 4.34. The number of esters is 1. The lowest BCUT2D eigenvalue weighted by atomic mass is 9.93. The minimum Gasteiger partial charge on any atom is -0.465 e. The largest absolute Gasteiger partial charge is 0.465 e. The average Bonchev–Trinajstić information content (AvgIpc) is 2.78. The third-order valence-electron chi connectivity index (χ3n) is 3.20. The average molecular weight is 281 g/mol. The molecule has 19 heavy (non-hydrogen) atoms. The van der Waals surface area contributed by atoms with E-state index in [-0.39, 0.29) is 17.3 Å². The highest BCUT2D eigenvalue weighted by Crippen LogP contribution is 2.30. The molecule has 2 rings (SSSR count). The summed E-state index contributed by atoms with van der Waals surface area (Å²) < 4.78 is 4.73. The molecule has 1 aliphatic heterocycles. The highest BCUT2D eigenvalue weighted by Gasteiger charge is 2.30. The number of ether oxygens (including phenoxy) is 1. The van der Waals surface area contributed by atoms with Gasteiger partial charge in [0.15, 0.2) is 0 Å². The van der Waals surface area contributed by atoms with Gasteiger partial charge in [0.1, 0.15) is 4.88 Å². The van der Waals surface area contributed by atoms with Crippen molar-refractivity contribution in [3.8, 4) is 0 Å². The number of hydrogen-bond acceptors (Lipinski definition) is 4. The summed E-state index contributed by atoms with van der Waals surface area (Å²) in [5.74, 6) is -0.140. The number of hydrogen-bond donors (Lipinski definition) is 0. The van der Waals surface area contributed by atoms with Crippen LogP contribution in [-0.2, 0) is 22.5 Å². The van der Waals surface area contributed by atoms with Gasteiger partial charge in [-0.25, -0.2) is 4.79 Å². The van der Waals surface area contributed by atoms with Crippen LogP contribution in [0.4, 0.5) is 0 Å². The number of methoxy groups -OCH3 is 1. The molecule has 1 aliphatic rings. The summed E-state index contributed by atoms with van der Waals surface area (Å²) in [6.07, 6.45) is 0.810. The molecular weight excluding hydrogens is 262 g/mol. The van der Waals surface area contributed by atoms with E-state index in [1.807, 2.05) is 31.7 Å². The van der Waals surface area contributed by atoms with Gasteiger partial charge in [-0.1, -0.05) is 20.8 Å². The van der Waals surface area contributed by atoms with Crippen molar-refractivity contribution in [2.75, 3.05) is 13.7 Å². The molecule has 0 spiro atoms. The van der Waals surface area contributed by atoms with Crippen LogP contribution in [0.25, 0.3) is 0 Å². The second-order valence-electron chi connectivity index (χ2n) is 5.78. The Bertz CT molecular complexity index is 513. The van der Waals surface area contributed by atoms with Gasteiger partial charge in [0, 0.05) is 16.8 Å². The first-order valence-electron chi connectivity index (χ1n) is 6.32. The fourth-order valence-corrected chi connectivity index (χ4v) is 3.31. The third kappa shape index (κ3) is 2.81. The second-order valence-corrected chi connectivity index (χ2v) is 6.91. The number of fused-ring (bicyclic) bond motifs is 1. The van der Waals surface area contributed by atoms with Gasteiger partial charge in [0.05, 0.1) is 13.7 Å². The highest BCUT2D eigenvalue weighted by molar-refractivity contribution is 7.14. The van der Waals surface area contributed by atoms with Gasteiger partial charge in [-0.15, -0.1) is 11.3 Å². The van der Waals surface area contributed by atoms with E-state index in [9.17, 15) is 9.59 Å². The van der Waals surface area contributed by atoms with Crippen LogP contribution in [0.15, 0.2) is 6.07 Å². The Hall–Kier alpha value is -1.36. The van der Waals surface area contributed by atoms with Crippen LogP contribution < -0.4 is 0 Å². The standard InChI is InChI=1S/C14H19NO3S/c1-14(2,3)13(17)15-6-5-9-7-10(12(16)18-4)19-11(9)8-15/h7H,5-6,8H2,1-4H3. The molecule has 0 unspecified atom stereocenters. The maximum absolute atomic E-state index is 12.3. The Morgan fingerprint density at radius 2 is 2.05 bits per heavy atom. The Kier molecular flexibility index (Phi) is 3.67. The van der Waals surface area contributed by atoms with Crippen LogP contribution in [0.5, 0.6) is 0 Å². The summed E-state index contributed by atoms with van der Waals surface area (Å²) in [5, 5.41) is 0. The lowest BCUT2D eigenvalue weighted by Gasteiger charge is -2.32. The number of carbonyl (C=O) groups is 2. The van der Waals surface area contributed by atoms with Crippen molar-refractivity contribution < 1.29 is 14.3 Å². The van der Waals surface area contributed by atoms with Crippen LogP contribution in [0.3, 0.4) is 0 Å². The maximum Gasteiger partial charge on any atom is 0.348 e. The molecule has 5 heteroatoms. The van der Waals surface area contributed by atoms with Crippen LogP contribution in [-0.4, -0.2) is 30.4 Å². The highest BCUT2D eigenvalue weighted by atomic mass is 32.1. The molecule has 0 N–H and O–H groups in total. The normalized spacial score (nSPS) is 15.1. The van der Waals surface area contributed by atoms with Gasteiger partial charge >= 0.3 is 5.97 Å². The molecule has 0 atom stereocenters. The van der Waals surface area contributed by atoms with Crippen molar-refractivity contribution in [2.24, 2.45) is 5.41 Å². The molecule has 0 saturated carbocycles. The zero-order valence-electron chi connectivity index (χ0n) is 11.8. The Morgan fingerprint density at radius 3 is 2.63 bits per heavy atom. The topological polar surface area (TPSA) is 46.6 Å². The van der Waals surface area contributed by atoms with Crippen molar-refractivity contribution in [2.45, 2.75) is 33.7 Å². The molecule has 0 fully saturated rings. The van der Waals surface area contributed by atoms with Gasteiger partial charge < -0.3 is 9.64 Å². The van der Waals surface area contributed by atoms with Crippen molar-refractivity contribution in [1.82, 2.24) is 4.90 Å². The van der Waals surface area contributed by atoms with E-state index in [2.05, 4.69) is 0 Å². The van der Waals surface area contributed by atoms with E-state index >= 15 is 0 Å². The number of nitrogens with zero attached hydrogens (tertiary/aromatic N) is 1. The van der Waals surface area contributed by atoms with Crippen LogP contribution in [0.1, 0.15) is 40.9 Å². The van der Waals surface area contributed by atoms with E-state index in [4.69, 9.17) is 4.74 Å². The molecule has 4 nitrogen and oxygen atoms in total. The lowest BCUT2D eigenvalue weighted by molar-refractivity contribution is -0.140. The van der Waals surface area contributed by atoms with Crippen molar-refractivity contribution in [3.05, 3.63) is 21.4 Å². The molecule has 1 aromatic rings. The van der Waals surface area contributed by atoms with Gasteiger partial charge in [0.2, 0.25) is 5.91 Å². The molecule has 0 aliphatic carbocycles. The first-order valence-corrected chi connectivity index (χ1v) is 7.14. The van der Waals surface area contributed by atoms with Crippen molar-refractivity contribution in [3.63, 3.8) is 0 Å². The molecular formula is C14H19NO3S. The fraction of sp³-hybridized carbons (Fsp3) is 0.571. The molecule has 0 radical (unpaired) electrons. The number of thiophene rings is 1. The summed E-state index contributed by atoms with van der Waals surface area (Å²) in [6.45, 7) is 7.12. The SMILES string of the molecule is COC(=O)c1cc2c(s1)CN(C(=O)C(C)(C)C)CC2. The zero-order chi connectivity index (χ0) is 14.2. The number of carbonyl (C=O) groups excluding carboxylic acids is 2. The van der Waals surface area contributed by atoms with Crippen LogP contribution in [0, 0.1) is 5.41 Å². The zero-order valence-corrected chi connectivity index (χ0v) is 12.6. The smallest absolute Gasteiger partial charge is 0.348 e. The van der Waals surface area contributed by atoms with Gasteiger partial charge in [0.25, 0.3) is 0 Å². The predicted octanol–water partition coefficient (Wildman–Crippen LogP) is 2.47. The van der Waals surface area contributed by atoms with Gasteiger partial charge in [-0.05, 0) is 18.1 Å². The minimum atomic E-state index is -0.361. The van der Waals surface area contributed by atoms with E-state index in [0.717, 1.165) is 17.8 Å². The Balaban J connectivity index is 2.18. The fourth-order valence-electron chi connectivity index (χ4n) is 2.17. The van der Waals surface area contributed by atoms with Gasteiger partial charge in [-0.3, -0.25) is 4.79 Å².